The maximum atomic E-state index is 12.4. The minimum atomic E-state index is -4.83. The number of halogens is 4. The number of nitro benzene ring substituents is 1. The van der Waals surface area contributed by atoms with Crippen LogP contribution < -0.4 is 10.1 Å². The van der Waals surface area contributed by atoms with Crippen molar-refractivity contribution >= 4 is 17.3 Å². The Kier molecular flexibility index (Phi) is 6.15. The number of alkyl halides is 3. The normalized spacial score (nSPS) is 16.4. The fourth-order valence-corrected chi connectivity index (χ4v) is 3.52. The molecule has 1 fully saturated rings. The van der Waals surface area contributed by atoms with Crippen molar-refractivity contribution in [2.24, 2.45) is 0 Å². The zero-order chi connectivity index (χ0) is 21.2. The Hall–Kier alpha value is -2.56. The summed E-state index contributed by atoms with van der Waals surface area (Å²) in [5.41, 5.74) is 0.127. The largest absolute Gasteiger partial charge is 0.573 e. The molecular formula is C18H17ClF3N3O4. The van der Waals surface area contributed by atoms with Crippen LogP contribution in [0.4, 0.5) is 18.9 Å². The number of phenolic OH excluding ortho intramolecular Hbond substituents is 1. The van der Waals surface area contributed by atoms with Crippen LogP contribution in [0.5, 0.6) is 11.5 Å². The Morgan fingerprint density at radius 1 is 1.17 bits per heavy atom. The van der Waals surface area contributed by atoms with Crippen molar-refractivity contribution in [3.63, 3.8) is 0 Å². The number of aromatic hydroxyl groups is 1. The quantitative estimate of drug-likeness (QED) is 0.552. The molecule has 156 valence electrons. The van der Waals surface area contributed by atoms with E-state index in [1.54, 1.807) is 0 Å². The van der Waals surface area contributed by atoms with Crippen molar-refractivity contribution in [3.8, 4) is 11.5 Å². The number of nitrogens with one attached hydrogen (secondary N) is 1. The number of hydrogen-bond acceptors (Lipinski definition) is 6. The average Bonchev–Trinajstić information content (AvgIpc) is 2.66. The summed E-state index contributed by atoms with van der Waals surface area (Å²) in [4.78, 5) is 12.9. The zero-order valence-corrected chi connectivity index (χ0v) is 15.7. The van der Waals surface area contributed by atoms with E-state index in [-0.39, 0.29) is 16.3 Å². The highest BCUT2D eigenvalue weighted by molar-refractivity contribution is 6.32. The number of nitro groups is 1. The fourth-order valence-electron chi connectivity index (χ4n) is 3.35. The van der Waals surface area contributed by atoms with Gasteiger partial charge < -0.3 is 15.2 Å². The SMILES string of the molecule is O=[N+]([O-])c1ccc(Cl)c(O)c1[C@H](c1ccc(OC(F)(F)F)cc1)N1CCNCC1. The topological polar surface area (TPSA) is 87.9 Å². The van der Waals surface area contributed by atoms with Crippen LogP contribution in [0.25, 0.3) is 0 Å². The molecule has 0 aromatic heterocycles. The average molecular weight is 432 g/mol. The number of hydrogen-bond donors (Lipinski definition) is 2. The summed E-state index contributed by atoms with van der Waals surface area (Å²) in [6, 6.07) is 6.68. The summed E-state index contributed by atoms with van der Waals surface area (Å²) in [6.07, 6.45) is -4.83. The number of piperazine rings is 1. The van der Waals surface area contributed by atoms with E-state index < -0.39 is 28.8 Å². The van der Waals surface area contributed by atoms with Crippen LogP contribution in [0.3, 0.4) is 0 Å². The molecule has 0 unspecified atom stereocenters. The Morgan fingerprint density at radius 3 is 2.34 bits per heavy atom. The van der Waals surface area contributed by atoms with E-state index in [1.165, 1.54) is 24.3 Å². The zero-order valence-electron chi connectivity index (χ0n) is 14.9. The van der Waals surface area contributed by atoms with Crippen molar-refractivity contribution in [2.45, 2.75) is 12.4 Å². The lowest BCUT2D eigenvalue weighted by molar-refractivity contribution is -0.386. The van der Waals surface area contributed by atoms with Crippen LogP contribution in [0.15, 0.2) is 36.4 Å². The van der Waals surface area contributed by atoms with Gasteiger partial charge in [0, 0.05) is 32.2 Å². The lowest BCUT2D eigenvalue weighted by Crippen LogP contribution is -2.45. The molecule has 0 radical (unpaired) electrons. The van der Waals surface area contributed by atoms with Crippen LogP contribution in [0.2, 0.25) is 5.02 Å². The number of nitrogens with zero attached hydrogens (tertiary/aromatic N) is 2. The van der Waals surface area contributed by atoms with Crippen molar-refractivity contribution in [2.75, 3.05) is 26.2 Å². The molecule has 0 aliphatic carbocycles. The summed E-state index contributed by atoms with van der Waals surface area (Å²) in [6.45, 7) is 2.24. The molecular weight excluding hydrogens is 415 g/mol. The molecule has 1 aliphatic heterocycles. The summed E-state index contributed by atoms with van der Waals surface area (Å²) in [5, 5.41) is 25.2. The van der Waals surface area contributed by atoms with Crippen molar-refractivity contribution in [1.29, 1.82) is 0 Å². The van der Waals surface area contributed by atoms with Crippen molar-refractivity contribution in [3.05, 3.63) is 62.7 Å². The minimum absolute atomic E-state index is 0.00566. The maximum Gasteiger partial charge on any atom is 0.573 e. The molecule has 0 amide bonds. The van der Waals surface area contributed by atoms with Gasteiger partial charge in [0.25, 0.3) is 5.69 Å². The van der Waals surface area contributed by atoms with Gasteiger partial charge in [0.15, 0.2) is 0 Å². The second-order valence-electron chi connectivity index (χ2n) is 6.39. The molecule has 0 spiro atoms. The third-order valence-corrected chi connectivity index (χ3v) is 4.87. The minimum Gasteiger partial charge on any atom is -0.506 e. The number of ether oxygens (including phenoxy) is 1. The van der Waals surface area contributed by atoms with Crippen LogP contribution in [-0.2, 0) is 0 Å². The Bertz CT molecular complexity index is 887. The van der Waals surface area contributed by atoms with E-state index in [0.29, 0.717) is 31.7 Å². The van der Waals surface area contributed by atoms with Gasteiger partial charge in [0.05, 0.1) is 21.6 Å². The highest BCUT2D eigenvalue weighted by Crippen LogP contribution is 2.44. The van der Waals surface area contributed by atoms with Gasteiger partial charge >= 0.3 is 6.36 Å². The van der Waals surface area contributed by atoms with Gasteiger partial charge in [0.2, 0.25) is 0 Å². The van der Waals surface area contributed by atoms with Crippen LogP contribution in [-0.4, -0.2) is 47.5 Å². The molecule has 1 aliphatic rings. The van der Waals surface area contributed by atoms with Crippen molar-refractivity contribution < 1.29 is 27.9 Å². The first-order chi connectivity index (χ1) is 13.7. The molecule has 1 heterocycles. The first-order valence-corrected chi connectivity index (χ1v) is 9.01. The van der Waals surface area contributed by atoms with Gasteiger partial charge in [-0.2, -0.15) is 0 Å². The molecule has 2 N–H and O–H groups in total. The lowest BCUT2D eigenvalue weighted by Gasteiger charge is -2.35. The predicted molar refractivity (Wildman–Crippen MR) is 99.2 cm³/mol. The summed E-state index contributed by atoms with van der Waals surface area (Å²) >= 11 is 6.01. The maximum absolute atomic E-state index is 12.4. The molecule has 7 nitrogen and oxygen atoms in total. The summed E-state index contributed by atoms with van der Waals surface area (Å²) < 4.78 is 41.2. The number of benzene rings is 2. The van der Waals surface area contributed by atoms with E-state index >= 15 is 0 Å². The van der Waals surface area contributed by atoms with Gasteiger partial charge in [-0.15, -0.1) is 13.2 Å². The Labute approximate surface area is 168 Å². The smallest absolute Gasteiger partial charge is 0.506 e. The third-order valence-electron chi connectivity index (χ3n) is 4.56. The Balaban J connectivity index is 2.10. The monoisotopic (exact) mass is 431 g/mol. The highest BCUT2D eigenvalue weighted by atomic mass is 35.5. The Morgan fingerprint density at radius 2 is 1.79 bits per heavy atom. The standard InChI is InChI=1S/C18H17ClF3N3O4/c19-13-5-6-14(25(27)28)15(17(13)26)16(24-9-7-23-8-10-24)11-1-3-12(4-2-11)29-18(20,21)22/h1-6,16,23,26H,7-10H2/t16-/m0/s1. The molecule has 11 heteroatoms. The van der Waals surface area contributed by atoms with Gasteiger partial charge in [-0.05, 0) is 23.8 Å². The molecule has 1 saturated heterocycles. The highest BCUT2D eigenvalue weighted by Gasteiger charge is 2.34. The second kappa shape index (κ2) is 8.44. The molecule has 29 heavy (non-hydrogen) atoms. The molecule has 2 aromatic carbocycles. The first-order valence-electron chi connectivity index (χ1n) is 8.63. The lowest BCUT2D eigenvalue weighted by atomic mass is 9.94. The molecule has 1 atom stereocenters. The van der Waals surface area contributed by atoms with E-state index in [0.717, 1.165) is 12.1 Å². The van der Waals surface area contributed by atoms with Crippen LogP contribution in [0, 0.1) is 10.1 Å². The van der Waals surface area contributed by atoms with Crippen LogP contribution >= 0.6 is 11.6 Å². The second-order valence-corrected chi connectivity index (χ2v) is 6.80. The van der Waals surface area contributed by atoms with E-state index in [1.807, 2.05) is 4.90 Å². The van der Waals surface area contributed by atoms with Gasteiger partial charge in [-0.3, -0.25) is 15.0 Å². The molecule has 0 bridgehead atoms. The van der Waals surface area contributed by atoms with Crippen molar-refractivity contribution in [1.82, 2.24) is 10.2 Å². The van der Waals surface area contributed by atoms with E-state index in [9.17, 15) is 28.4 Å². The van der Waals surface area contributed by atoms with Gasteiger partial charge in [0.1, 0.15) is 11.5 Å². The summed E-state index contributed by atoms with van der Waals surface area (Å²) in [5.74, 6) is -0.842. The molecule has 3 rings (SSSR count). The van der Waals surface area contributed by atoms with Crippen LogP contribution in [0.1, 0.15) is 17.2 Å². The fraction of sp³-hybridized carbons (Fsp3) is 0.333. The molecule has 2 aromatic rings. The van der Waals surface area contributed by atoms with E-state index in [4.69, 9.17) is 11.6 Å². The summed E-state index contributed by atoms with van der Waals surface area (Å²) in [7, 11) is 0. The number of rotatable bonds is 5. The van der Waals surface area contributed by atoms with E-state index in [2.05, 4.69) is 10.1 Å². The number of phenols is 1. The van der Waals surface area contributed by atoms with Gasteiger partial charge in [-0.1, -0.05) is 23.7 Å². The third kappa shape index (κ3) is 4.89. The predicted octanol–water partition coefficient (Wildman–Crippen LogP) is 3.85. The molecule has 0 saturated carbocycles. The first kappa shape index (κ1) is 21.2. The van der Waals surface area contributed by atoms with Gasteiger partial charge in [-0.25, -0.2) is 0 Å².